The summed E-state index contributed by atoms with van der Waals surface area (Å²) in [5.74, 6) is 0.620. The quantitative estimate of drug-likeness (QED) is 0.396. The van der Waals surface area contributed by atoms with Crippen LogP contribution in [0.15, 0.2) is 42.5 Å². The summed E-state index contributed by atoms with van der Waals surface area (Å²) >= 11 is 0. The van der Waals surface area contributed by atoms with E-state index in [1.165, 1.54) is 36.3 Å². The van der Waals surface area contributed by atoms with Gasteiger partial charge in [-0.25, -0.2) is 4.39 Å². The molecule has 11 heteroatoms. The smallest absolute Gasteiger partial charge is 0.251 e. The van der Waals surface area contributed by atoms with Gasteiger partial charge in [0.15, 0.2) is 11.5 Å². The predicted octanol–water partition coefficient (Wildman–Crippen LogP) is 3.47. The summed E-state index contributed by atoms with van der Waals surface area (Å²) in [5.41, 5.74) is 1.03. The number of methoxy groups -OCH3 is 2. The van der Waals surface area contributed by atoms with Crippen molar-refractivity contribution in [3.63, 3.8) is 0 Å². The van der Waals surface area contributed by atoms with Crippen LogP contribution in [0, 0.1) is 11.7 Å². The summed E-state index contributed by atoms with van der Waals surface area (Å²) in [6.07, 6.45) is 1.17. The number of anilines is 1. The minimum atomic E-state index is -0.793. The maximum atomic E-state index is 13.6. The molecule has 2 aromatic carbocycles. The molecule has 1 aromatic heterocycles. The number of nitrogens with one attached hydrogen (secondary N) is 1. The molecule has 1 heterocycles. The van der Waals surface area contributed by atoms with Crippen molar-refractivity contribution in [2.45, 2.75) is 46.2 Å². The van der Waals surface area contributed by atoms with E-state index < -0.39 is 17.8 Å². The molecule has 0 spiro atoms. The van der Waals surface area contributed by atoms with Gasteiger partial charge in [-0.2, -0.15) is 4.80 Å². The Morgan fingerprint density at radius 1 is 1.08 bits per heavy atom. The number of tetrazole rings is 1. The lowest BCUT2D eigenvalue weighted by Gasteiger charge is -2.30. The summed E-state index contributed by atoms with van der Waals surface area (Å²) in [6.45, 7) is 6.18. The highest BCUT2D eigenvalue weighted by molar-refractivity contribution is 6.00. The second-order valence-corrected chi connectivity index (χ2v) is 8.85. The van der Waals surface area contributed by atoms with Crippen molar-refractivity contribution in [2.24, 2.45) is 5.92 Å². The fourth-order valence-corrected chi connectivity index (χ4v) is 3.78. The van der Waals surface area contributed by atoms with Crippen LogP contribution in [0.3, 0.4) is 0 Å². The first kappa shape index (κ1) is 27.6. The van der Waals surface area contributed by atoms with E-state index in [2.05, 4.69) is 34.6 Å². The summed E-state index contributed by atoms with van der Waals surface area (Å²) in [7, 11) is 3.07. The number of carbonyl (C=O) groups excluding carboxylic acids is 2. The number of benzene rings is 2. The molecule has 37 heavy (non-hydrogen) atoms. The van der Waals surface area contributed by atoms with Crippen LogP contribution in [-0.2, 0) is 16.1 Å². The summed E-state index contributed by atoms with van der Waals surface area (Å²) in [4.78, 5) is 29.1. The van der Waals surface area contributed by atoms with E-state index >= 15 is 0 Å². The van der Waals surface area contributed by atoms with E-state index in [1.807, 2.05) is 6.92 Å². The number of rotatable bonds is 12. The zero-order chi connectivity index (χ0) is 26.9. The Balaban J connectivity index is 1.84. The van der Waals surface area contributed by atoms with Crippen molar-refractivity contribution in [3.8, 4) is 22.9 Å². The van der Waals surface area contributed by atoms with Crippen molar-refractivity contribution in [3.05, 3.63) is 48.3 Å². The highest BCUT2D eigenvalue weighted by Crippen LogP contribution is 2.30. The predicted molar refractivity (Wildman–Crippen MR) is 137 cm³/mol. The van der Waals surface area contributed by atoms with Gasteiger partial charge >= 0.3 is 0 Å². The third-order valence-electron chi connectivity index (χ3n) is 5.77. The molecule has 0 radical (unpaired) electrons. The van der Waals surface area contributed by atoms with Gasteiger partial charge < -0.3 is 14.8 Å². The number of hydrogen-bond acceptors (Lipinski definition) is 7. The number of nitrogens with zero attached hydrogens (tertiary/aromatic N) is 5. The first-order valence-electron chi connectivity index (χ1n) is 12.1. The third kappa shape index (κ3) is 7.02. The van der Waals surface area contributed by atoms with Crippen LogP contribution in [0.25, 0.3) is 11.4 Å². The van der Waals surface area contributed by atoms with Gasteiger partial charge in [0.05, 0.1) is 14.2 Å². The van der Waals surface area contributed by atoms with Gasteiger partial charge in [0, 0.05) is 17.8 Å². The number of hydrogen-bond donors (Lipinski definition) is 1. The fourth-order valence-electron chi connectivity index (χ4n) is 3.78. The van der Waals surface area contributed by atoms with Crippen molar-refractivity contribution in [1.82, 2.24) is 25.5 Å². The van der Waals surface area contributed by atoms with Gasteiger partial charge in [0.1, 0.15) is 18.4 Å². The highest BCUT2D eigenvalue weighted by atomic mass is 19.1. The molecule has 0 aliphatic heterocycles. The molecule has 3 aromatic rings. The largest absolute Gasteiger partial charge is 0.493 e. The SMILES string of the molecule is CC[C@@H](C(=O)NCCC(C)C)N(C(=O)Cn1nnc(-c2ccc(OC)c(OC)c2)n1)c1ccc(F)cc1. The number of ether oxygens (including phenoxy) is 2. The first-order valence-corrected chi connectivity index (χ1v) is 12.1. The lowest BCUT2D eigenvalue weighted by atomic mass is 10.1. The minimum absolute atomic E-state index is 0.270. The molecule has 1 atom stereocenters. The lowest BCUT2D eigenvalue weighted by molar-refractivity contribution is -0.127. The molecule has 0 unspecified atom stereocenters. The first-order chi connectivity index (χ1) is 17.8. The van der Waals surface area contributed by atoms with Crippen molar-refractivity contribution < 1.29 is 23.5 Å². The highest BCUT2D eigenvalue weighted by Gasteiger charge is 2.30. The van der Waals surface area contributed by atoms with Gasteiger partial charge in [-0.15, -0.1) is 10.2 Å². The summed E-state index contributed by atoms with van der Waals surface area (Å²) in [5, 5.41) is 15.3. The Labute approximate surface area is 215 Å². The topological polar surface area (TPSA) is 111 Å². The molecule has 0 saturated heterocycles. The van der Waals surface area contributed by atoms with E-state index in [1.54, 1.807) is 25.3 Å². The molecule has 0 aliphatic rings. The second-order valence-electron chi connectivity index (χ2n) is 8.85. The zero-order valence-electron chi connectivity index (χ0n) is 21.8. The normalized spacial score (nSPS) is 11.8. The number of amides is 2. The molecule has 3 rings (SSSR count). The Bertz CT molecular complexity index is 1200. The summed E-state index contributed by atoms with van der Waals surface area (Å²) in [6, 6.07) is 9.84. The van der Waals surface area contributed by atoms with Crippen LogP contribution in [-0.4, -0.2) is 58.8 Å². The molecule has 10 nitrogen and oxygen atoms in total. The third-order valence-corrected chi connectivity index (χ3v) is 5.77. The van der Waals surface area contributed by atoms with Crippen LogP contribution in [0.1, 0.15) is 33.6 Å². The Hall–Kier alpha value is -4.02. The molecule has 0 bridgehead atoms. The summed E-state index contributed by atoms with van der Waals surface area (Å²) < 4.78 is 24.2. The van der Waals surface area contributed by atoms with Crippen LogP contribution in [0.5, 0.6) is 11.5 Å². The van der Waals surface area contributed by atoms with Gasteiger partial charge in [0.25, 0.3) is 5.91 Å². The Kier molecular flexibility index (Phi) is 9.53. The fraction of sp³-hybridized carbons (Fsp3) is 0.423. The zero-order valence-corrected chi connectivity index (χ0v) is 21.8. The van der Waals surface area contributed by atoms with E-state index in [-0.39, 0.29) is 12.5 Å². The van der Waals surface area contributed by atoms with Crippen LogP contribution >= 0.6 is 0 Å². The van der Waals surface area contributed by atoms with Crippen molar-refractivity contribution in [2.75, 3.05) is 25.7 Å². The van der Waals surface area contributed by atoms with Crippen molar-refractivity contribution >= 4 is 17.5 Å². The molecular weight excluding hydrogens is 479 g/mol. The molecule has 0 fully saturated rings. The van der Waals surface area contributed by atoms with E-state index in [9.17, 15) is 14.0 Å². The minimum Gasteiger partial charge on any atom is -0.493 e. The van der Waals surface area contributed by atoms with E-state index in [0.717, 1.165) is 11.2 Å². The molecule has 198 valence electrons. The average molecular weight is 513 g/mol. The van der Waals surface area contributed by atoms with E-state index in [0.29, 0.717) is 47.5 Å². The standard InChI is InChI=1S/C26H33FN6O4/c1-6-21(26(35)28-14-13-17(2)3)33(20-10-8-19(27)9-11-20)24(34)16-32-30-25(29-31-32)18-7-12-22(36-4)23(15-18)37-5/h7-12,15,17,21H,6,13-14,16H2,1-5H3,(H,28,35)/t21-/m0/s1. The lowest BCUT2D eigenvalue weighted by Crippen LogP contribution is -2.51. The molecular formula is C26H33FN6O4. The van der Waals surface area contributed by atoms with E-state index in [4.69, 9.17) is 9.47 Å². The number of halogens is 1. The maximum Gasteiger partial charge on any atom is 0.251 e. The monoisotopic (exact) mass is 512 g/mol. The molecule has 0 aliphatic carbocycles. The molecule has 1 N–H and O–H groups in total. The molecule has 2 amide bonds. The van der Waals surface area contributed by atoms with Gasteiger partial charge in [-0.1, -0.05) is 20.8 Å². The van der Waals surface area contributed by atoms with Crippen LogP contribution < -0.4 is 19.7 Å². The molecule has 0 saturated carbocycles. The second kappa shape index (κ2) is 12.8. The Morgan fingerprint density at radius 2 is 1.78 bits per heavy atom. The van der Waals surface area contributed by atoms with Crippen molar-refractivity contribution in [1.29, 1.82) is 0 Å². The van der Waals surface area contributed by atoms with Gasteiger partial charge in [0.2, 0.25) is 11.7 Å². The Morgan fingerprint density at radius 3 is 2.41 bits per heavy atom. The van der Waals surface area contributed by atoms with Gasteiger partial charge in [-0.05, 0) is 66.4 Å². The van der Waals surface area contributed by atoms with Gasteiger partial charge in [-0.3, -0.25) is 14.5 Å². The van der Waals surface area contributed by atoms with Crippen LogP contribution in [0.2, 0.25) is 0 Å². The number of aromatic nitrogens is 4. The maximum absolute atomic E-state index is 13.6. The number of carbonyl (C=O) groups is 2. The van der Waals surface area contributed by atoms with Crippen LogP contribution in [0.4, 0.5) is 10.1 Å². The average Bonchev–Trinajstić information content (AvgIpc) is 3.35.